The van der Waals surface area contributed by atoms with Gasteiger partial charge in [-0.3, -0.25) is 14.5 Å². The molecule has 6 rings (SSSR count). The summed E-state index contributed by atoms with van der Waals surface area (Å²) in [5.41, 5.74) is 5.83. The predicted molar refractivity (Wildman–Crippen MR) is 201 cm³/mol. The first-order valence-electron chi connectivity index (χ1n) is 18.4. The van der Waals surface area contributed by atoms with Gasteiger partial charge in [0.2, 0.25) is 6.41 Å². The molecule has 2 aliphatic carbocycles. The summed E-state index contributed by atoms with van der Waals surface area (Å²) in [4.78, 5) is 33.4. The quantitative estimate of drug-likeness (QED) is 0.243. The number of nitrogens with zero attached hydrogens (tertiary/aromatic N) is 5. The fourth-order valence-electron chi connectivity index (χ4n) is 7.14. The van der Waals surface area contributed by atoms with Crippen LogP contribution in [0.4, 0.5) is 0 Å². The molecular weight excluding hydrogens is 650 g/mol. The Morgan fingerprint density at radius 3 is 2.40 bits per heavy atom. The second-order valence-corrected chi connectivity index (χ2v) is 14.6. The molecule has 0 radical (unpaired) electrons. The van der Waals surface area contributed by atoms with Gasteiger partial charge in [-0.2, -0.15) is 0 Å². The van der Waals surface area contributed by atoms with Crippen LogP contribution >= 0.6 is 11.6 Å². The molecule has 3 fully saturated rings. The molecule has 0 bridgehead atoms. The number of amides is 2. The van der Waals surface area contributed by atoms with Crippen molar-refractivity contribution in [3.63, 3.8) is 0 Å². The molecule has 50 heavy (non-hydrogen) atoms. The molecule has 2 saturated heterocycles. The molecule has 1 saturated carbocycles. The highest BCUT2D eigenvalue weighted by Crippen LogP contribution is 2.40. The molecular formula is C40H58ClN5O4. The van der Waals surface area contributed by atoms with E-state index in [-0.39, 0.29) is 11.9 Å². The van der Waals surface area contributed by atoms with Crippen LogP contribution in [0.3, 0.4) is 0 Å². The molecule has 2 unspecified atom stereocenters. The summed E-state index contributed by atoms with van der Waals surface area (Å²) < 4.78 is 1.88. The van der Waals surface area contributed by atoms with Gasteiger partial charge in [0.1, 0.15) is 11.2 Å². The minimum absolute atomic E-state index is 0.0841. The van der Waals surface area contributed by atoms with Crippen LogP contribution < -0.4 is 0 Å². The summed E-state index contributed by atoms with van der Waals surface area (Å²) in [7, 11) is 0. The normalized spacial score (nSPS) is 23.7. The first-order valence-corrected chi connectivity index (χ1v) is 18.8. The number of aryl methyl sites for hydroxylation is 2. The summed E-state index contributed by atoms with van der Waals surface area (Å²) in [5.74, 6) is -0.0841. The molecule has 2 aliphatic heterocycles. The molecule has 0 spiro atoms. The Balaban J connectivity index is 0.000000261. The van der Waals surface area contributed by atoms with Gasteiger partial charge >= 0.3 is 0 Å². The Bertz CT molecular complexity index is 1550. The Kier molecular flexibility index (Phi) is 14.1. The van der Waals surface area contributed by atoms with Crippen LogP contribution in [0, 0.1) is 6.92 Å². The molecule has 3 heterocycles. The summed E-state index contributed by atoms with van der Waals surface area (Å²) in [6, 6.07) is 6.48. The number of carbonyl (C=O) groups excluding carboxylic acids is 2. The summed E-state index contributed by atoms with van der Waals surface area (Å²) in [5, 5.41) is 21.4. The highest BCUT2D eigenvalue weighted by molar-refractivity contribution is 6.30. The van der Waals surface area contributed by atoms with Crippen LogP contribution in [0.25, 0.3) is 0 Å². The third-order valence-corrected chi connectivity index (χ3v) is 10.5. The molecule has 274 valence electrons. The van der Waals surface area contributed by atoms with Gasteiger partial charge in [-0.05, 0) is 100 Å². The topological polar surface area (TPSA) is 102 Å². The molecule has 1 aromatic carbocycles. The van der Waals surface area contributed by atoms with Gasteiger partial charge < -0.3 is 24.6 Å². The van der Waals surface area contributed by atoms with Gasteiger partial charge in [0, 0.05) is 43.9 Å². The number of halogens is 1. The Hall–Kier alpha value is -3.24. The fourth-order valence-corrected chi connectivity index (χ4v) is 7.33. The zero-order valence-electron chi connectivity index (χ0n) is 31.0. The number of hydrogen-bond donors (Lipinski definition) is 2. The van der Waals surface area contributed by atoms with E-state index in [1.165, 1.54) is 27.8 Å². The molecule has 4 aliphatic rings. The van der Waals surface area contributed by atoms with E-state index in [4.69, 9.17) is 11.6 Å². The van der Waals surface area contributed by atoms with Crippen molar-refractivity contribution in [2.24, 2.45) is 0 Å². The Labute approximate surface area is 304 Å². The first kappa shape index (κ1) is 39.5. The highest BCUT2D eigenvalue weighted by Gasteiger charge is 2.50. The third-order valence-electron chi connectivity index (χ3n) is 10.3. The van der Waals surface area contributed by atoms with Crippen LogP contribution in [-0.4, -0.2) is 97.3 Å². The number of piperazine rings is 1. The highest BCUT2D eigenvalue weighted by atomic mass is 35.5. The van der Waals surface area contributed by atoms with E-state index in [9.17, 15) is 19.8 Å². The van der Waals surface area contributed by atoms with E-state index in [2.05, 4.69) is 61.0 Å². The first-order chi connectivity index (χ1) is 23.9. The van der Waals surface area contributed by atoms with E-state index in [0.29, 0.717) is 39.0 Å². The third kappa shape index (κ3) is 10.2. The second kappa shape index (κ2) is 17.8. The smallest absolute Gasteiger partial charge is 0.254 e. The molecule has 2 N–H and O–H groups in total. The van der Waals surface area contributed by atoms with Gasteiger partial charge in [-0.1, -0.05) is 62.2 Å². The van der Waals surface area contributed by atoms with E-state index in [0.717, 1.165) is 68.9 Å². The zero-order valence-corrected chi connectivity index (χ0v) is 31.8. The summed E-state index contributed by atoms with van der Waals surface area (Å²) >= 11 is 6.36. The second-order valence-electron chi connectivity index (χ2n) is 14.1. The van der Waals surface area contributed by atoms with Crippen LogP contribution in [0.15, 0.2) is 65.7 Å². The van der Waals surface area contributed by atoms with Gasteiger partial charge in [-0.25, -0.2) is 4.98 Å². The largest absolute Gasteiger partial charge is 0.386 e. The van der Waals surface area contributed by atoms with Crippen molar-refractivity contribution < 1.29 is 19.8 Å². The van der Waals surface area contributed by atoms with Gasteiger partial charge in [-0.15, -0.1) is 0 Å². The fraction of sp³-hybridized carbons (Fsp3) is 0.575. The van der Waals surface area contributed by atoms with E-state index in [1.54, 1.807) is 11.2 Å². The van der Waals surface area contributed by atoms with Crippen molar-refractivity contribution in [3.8, 4) is 0 Å². The summed E-state index contributed by atoms with van der Waals surface area (Å²) in [6.07, 6.45) is 16.9. The number of fused-ring (bicyclic) bond motifs is 1. The number of hydrogen-bond acceptors (Lipinski definition) is 6. The molecule has 9 nitrogen and oxygen atoms in total. The van der Waals surface area contributed by atoms with Crippen LogP contribution in [0.5, 0.6) is 0 Å². The maximum Gasteiger partial charge on any atom is 0.254 e. The van der Waals surface area contributed by atoms with Crippen LogP contribution in [-0.2, 0) is 22.6 Å². The number of aromatic nitrogens is 2. The average Bonchev–Trinajstić information content (AvgIpc) is 3.78. The number of imidazole rings is 1. The van der Waals surface area contributed by atoms with Gasteiger partial charge in [0.05, 0.1) is 31.2 Å². The molecule has 2 amide bonds. The Morgan fingerprint density at radius 2 is 1.78 bits per heavy atom. The van der Waals surface area contributed by atoms with Crippen molar-refractivity contribution in [2.75, 3.05) is 39.3 Å². The lowest BCUT2D eigenvalue weighted by atomic mass is 9.93. The van der Waals surface area contributed by atoms with Crippen molar-refractivity contribution >= 4 is 23.9 Å². The average molecular weight is 708 g/mol. The number of likely N-dealkylation sites (tertiary alicyclic amines) is 1. The SMILES string of the molecule is CC.CC/C(C)=C/C=C\C1=C(C)C(N2CCN(C(=O)C3(O)CC3)CC2)c2ccc(Cl)cc2CC1.Cc1cn(CC2(O)CCCN(C=O)C2)cn1. The van der Waals surface area contributed by atoms with E-state index in [1.807, 2.05) is 42.5 Å². The summed E-state index contributed by atoms with van der Waals surface area (Å²) in [6.45, 7) is 17.1. The van der Waals surface area contributed by atoms with Gasteiger partial charge in [0.15, 0.2) is 0 Å². The lowest BCUT2D eigenvalue weighted by Gasteiger charge is -2.41. The maximum absolute atomic E-state index is 12.6. The standard InChI is InChI=1S/C27H35ClN2O2.C11H17N3O2.C2H6/c1-4-19(2)6-5-7-21-8-9-22-18-23(28)10-11-24(22)25(20(21)3)29-14-16-30(17-15-29)26(31)27(32)12-13-27;1-10-5-14(8-12-10)7-11(16)3-2-4-13(6-11)9-15;1-2/h5-7,10-11,18,25,32H,4,8-9,12-17H2,1-3H3;5,8-9,16H,2-4,6-7H2,1H3;1-2H3/b7-5-,19-6+;;. The number of piperidine rings is 1. The number of benzene rings is 1. The van der Waals surface area contributed by atoms with E-state index < -0.39 is 11.2 Å². The zero-order chi connectivity index (χ0) is 36.5. The van der Waals surface area contributed by atoms with Crippen LogP contribution in [0.2, 0.25) is 5.02 Å². The molecule has 10 heteroatoms. The Morgan fingerprint density at radius 1 is 1.06 bits per heavy atom. The van der Waals surface area contributed by atoms with Gasteiger partial charge in [0.25, 0.3) is 5.91 Å². The molecule has 1 aromatic heterocycles. The molecule has 2 atom stereocenters. The monoisotopic (exact) mass is 707 g/mol. The number of allylic oxidation sites excluding steroid dienone is 5. The predicted octanol–water partition coefficient (Wildman–Crippen LogP) is 6.43. The van der Waals surface area contributed by atoms with Crippen molar-refractivity contribution in [1.82, 2.24) is 24.3 Å². The lowest BCUT2D eigenvalue weighted by molar-refractivity contribution is -0.144. The number of rotatable bonds is 8. The number of β-amino-alcohol motifs (C(OH)–C–C–N with tert-alkyl or cyclic N) is 1. The van der Waals surface area contributed by atoms with Crippen molar-refractivity contribution in [1.29, 1.82) is 0 Å². The number of carbonyl (C=O) groups is 2. The van der Waals surface area contributed by atoms with Crippen LogP contribution in [0.1, 0.15) is 96.0 Å². The number of aliphatic hydroxyl groups is 2. The minimum atomic E-state index is -1.08. The lowest BCUT2D eigenvalue weighted by Crippen LogP contribution is -2.53. The maximum atomic E-state index is 12.6. The van der Waals surface area contributed by atoms with Crippen molar-refractivity contribution in [2.45, 2.75) is 110 Å². The van der Waals surface area contributed by atoms with Crippen molar-refractivity contribution in [3.05, 3.63) is 87.5 Å². The van der Waals surface area contributed by atoms with E-state index >= 15 is 0 Å². The molecule has 2 aromatic rings. The minimum Gasteiger partial charge on any atom is -0.386 e.